The largest absolute Gasteiger partial charge is 0.308 e. The van der Waals surface area contributed by atoms with E-state index in [1.54, 1.807) is 0 Å². The van der Waals surface area contributed by atoms with Gasteiger partial charge in [-0.05, 0) is 13.3 Å². The first-order valence-electron chi connectivity index (χ1n) is 5.10. The summed E-state index contributed by atoms with van der Waals surface area (Å²) in [5.74, 6) is 0. The van der Waals surface area contributed by atoms with E-state index < -0.39 is 0 Å². The van der Waals surface area contributed by atoms with Crippen molar-refractivity contribution < 1.29 is 0 Å². The van der Waals surface area contributed by atoms with Gasteiger partial charge >= 0.3 is 0 Å². The van der Waals surface area contributed by atoms with Crippen LogP contribution >= 0.6 is 0 Å². The highest BCUT2D eigenvalue weighted by Crippen LogP contribution is 2.17. The molecular formula is C10H21N. The first-order valence-corrected chi connectivity index (χ1v) is 5.10. The smallest absolute Gasteiger partial charge is 0.0221 e. The molecule has 1 fully saturated rings. The van der Waals surface area contributed by atoms with E-state index in [2.05, 4.69) is 19.2 Å². The number of hydrogen-bond acceptors (Lipinski definition) is 1. The maximum Gasteiger partial charge on any atom is 0.0221 e. The Hall–Kier alpha value is -0.0400. The highest BCUT2D eigenvalue weighted by molar-refractivity contribution is 4.93. The number of nitrogens with one attached hydrogen (secondary N) is 1. The Labute approximate surface area is 70.6 Å². The predicted molar refractivity (Wildman–Crippen MR) is 49.8 cm³/mol. The van der Waals surface area contributed by atoms with Crippen molar-refractivity contribution in [1.82, 2.24) is 5.32 Å². The average molecular weight is 155 g/mol. The fraction of sp³-hybridized carbons (Fsp3) is 1.00. The van der Waals surface area contributed by atoms with Crippen LogP contribution in [-0.4, -0.2) is 12.1 Å². The molecule has 0 amide bonds. The Balaban J connectivity index is 1.74. The van der Waals surface area contributed by atoms with Gasteiger partial charge in [0.2, 0.25) is 0 Å². The summed E-state index contributed by atoms with van der Waals surface area (Å²) in [4.78, 5) is 0. The summed E-state index contributed by atoms with van der Waals surface area (Å²) in [5, 5.41) is 3.42. The van der Waals surface area contributed by atoms with Crippen LogP contribution in [0, 0.1) is 0 Å². The highest BCUT2D eigenvalue weighted by atomic mass is 15.1. The summed E-state index contributed by atoms with van der Waals surface area (Å²) in [6.45, 7) is 4.54. The van der Waals surface area contributed by atoms with Crippen LogP contribution in [0.2, 0.25) is 0 Å². The summed E-state index contributed by atoms with van der Waals surface area (Å²) in [5.41, 5.74) is 0. The maximum atomic E-state index is 3.42. The van der Waals surface area contributed by atoms with Crippen molar-refractivity contribution in [1.29, 1.82) is 0 Å². The maximum absolute atomic E-state index is 3.42. The van der Waals surface area contributed by atoms with Crippen LogP contribution < -0.4 is 5.32 Å². The molecule has 66 valence electrons. The third-order valence-electron chi connectivity index (χ3n) is 2.59. The molecule has 0 aromatic heterocycles. The zero-order valence-corrected chi connectivity index (χ0v) is 7.90. The van der Waals surface area contributed by atoms with Crippen LogP contribution in [0.3, 0.4) is 0 Å². The van der Waals surface area contributed by atoms with Crippen LogP contribution in [-0.2, 0) is 0 Å². The molecule has 1 rings (SSSR count). The summed E-state index contributed by atoms with van der Waals surface area (Å²) < 4.78 is 0. The van der Waals surface area contributed by atoms with Gasteiger partial charge in [0.05, 0.1) is 0 Å². The number of hydrogen-bond donors (Lipinski definition) is 1. The standard InChI is InChI=1S/C10H21N/c1-3-4-5-6-7-8-10-9(2)11-10/h9-11H,3-8H2,1-2H3. The van der Waals surface area contributed by atoms with Crippen LogP contribution in [0.4, 0.5) is 0 Å². The quantitative estimate of drug-likeness (QED) is 0.462. The topological polar surface area (TPSA) is 21.9 Å². The van der Waals surface area contributed by atoms with Crippen molar-refractivity contribution >= 4 is 0 Å². The van der Waals surface area contributed by atoms with Gasteiger partial charge in [-0.2, -0.15) is 0 Å². The average Bonchev–Trinajstić information content (AvgIpc) is 2.67. The second-order valence-electron chi connectivity index (χ2n) is 3.76. The zero-order valence-electron chi connectivity index (χ0n) is 7.90. The lowest BCUT2D eigenvalue weighted by molar-refractivity contribution is 0.600. The summed E-state index contributed by atoms with van der Waals surface area (Å²) in [7, 11) is 0. The molecule has 2 unspecified atom stereocenters. The molecule has 0 bridgehead atoms. The molecule has 1 aliphatic heterocycles. The fourth-order valence-electron chi connectivity index (χ4n) is 1.58. The van der Waals surface area contributed by atoms with Crippen molar-refractivity contribution in [2.75, 3.05) is 0 Å². The number of unbranched alkanes of at least 4 members (excludes halogenated alkanes) is 4. The molecule has 1 saturated heterocycles. The lowest BCUT2D eigenvalue weighted by Crippen LogP contribution is -1.90. The zero-order chi connectivity index (χ0) is 8.10. The van der Waals surface area contributed by atoms with Crippen molar-refractivity contribution in [2.45, 2.75) is 64.5 Å². The molecule has 1 nitrogen and oxygen atoms in total. The fourth-order valence-corrected chi connectivity index (χ4v) is 1.58. The Bertz CT molecular complexity index is 101. The predicted octanol–water partition coefficient (Wildman–Crippen LogP) is 2.71. The van der Waals surface area contributed by atoms with Crippen molar-refractivity contribution in [2.24, 2.45) is 0 Å². The molecule has 1 heterocycles. The molecule has 11 heavy (non-hydrogen) atoms. The van der Waals surface area contributed by atoms with E-state index in [-0.39, 0.29) is 0 Å². The first-order chi connectivity index (χ1) is 5.34. The van der Waals surface area contributed by atoms with E-state index in [4.69, 9.17) is 0 Å². The van der Waals surface area contributed by atoms with Gasteiger partial charge in [-0.15, -0.1) is 0 Å². The van der Waals surface area contributed by atoms with E-state index in [1.807, 2.05) is 0 Å². The Morgan fingerprint density at radius 1 is 1.09 bits per heavy atom. The second-order valence-corrected chi connectivity index (χ2v) is 3.76. The molecule has 0 aromatic carbocycles. The van der Waals surface area contributed by atoms with Crippen molar-refractivity contribution in [3.8, 4) is 0 Å². The Morgan fingerprint density at radius 3 is 2.27 bits per heavy atom. The van der Waals surface area contributed by atoms with Gasteiger partial charge < -0.3 is 5.32 Å². The molecular weight excluding hydrogens is 134 g/mol. The minimum absolute atomic E-state index is 0.821. The van der Waals surface area contributed by atoms with Crippen molar-refractivity contribution in [3.63, 3.8) is 0 Å². The van der Waals surface area contributed by atoms with Gasteiger partial charge in [-0.25, -0.2) is 0 Å². The Kier molecular flexibility index (Phi) is 3.92. The lowest BCUT2D eigenvalue weighted by atomic mass is 10.1. The molecule has 0 saturated carbocycles. The van der Waals surface area contributed by atoms with E-state index in [0.29, 0.717) is 0 Å². The minimum atomic E-state index is 0.821. The minimum Gasteiger partial charge on any atom is -0.308 e. The van der Waals surface area contributed by atoms with Gasteiger partial charge in [0.15, 0.2) is 0 Å². The number of rotatable bonds is 6. The van der Waals surface area contributed by atoms with E-state index in [9.17, 15) is 0 Å². The molecule has 0 radical (unpaired) electrons. The molecule has 2 atom stereocenters. The van der Waals surface area contributed by atoms with Crippen LogP contribution in [0.25, 0.3) is 0 Å². The molecule has 0 aromatic rings. The van der Waals surface area contributed by atoms with E-state index in [0.717, 1.165) is 12.1 Å². The van der Waals surface area contributed by atoms with Crippen LogP contribution in [0.15, 0.2) is 0 Å². The first kappa shape index (κ1) is 9.05. The SMILES string of the molecule is CCCCCCCC1NC1C. The molecule has 1 heteroatoms. The molecule has 1 aliphatic rings. The van der Waals surface area contributed by atoms with E-state index in [1.165, 1.54) is 38.5 Å². The summed E-state index contributed by atoms with van der Waals surface area (Å²) in [6.07, 6.45) is 8.51. The van der Waals surface area contributed by atoms with Gasteiger partial charge in [0.1, 0.15) is 0 Å². The monoisotopic (exact) mass is 155 g/mol. The summed E-state index contributed by atoms with van der Waals surface area (Å²) in [6, 6.07) is 1.69. The van der Waals surface area contributed by atoms with Gasteiger partial charge in [0, 0.05) is 12.1 Å². The Morgan fingerprint density at radius 2 is 1.73 bits per heavy atom. The van der Waals surface area contributed by atoms with E-state index >= 15 is 0 Å². The summed E-state index contributed by atoms with van der Waals surface area (Å²) >= 11 is 0. The molecule has 0 aliphatic carbocycles. The normalized spacial score (nSPS) is 28.9. The molecule has 1 N–H and O–H groups in total. The van der Waals surface area contributed by atoms with Crippen LogP contribution in [0.1, 0.15) is 52.4 Å². The van der Waals surface area contributed by atoms with Gasteiger partial charge in [-0.1, -0.05) is 39.0 Å². The van der Waals surface area contributed by atoms with Gasteiger partial charge in [-0.3, -0.25) is 0 Å². The highest BCUT2D eigenvalue weighted by Gasteiger charge is 2.29. The second kappa shape index (κ2) is 4.76. The van der Waals surface area contributed by atoms with Crippen LogP contribution in [0.5, 0.6) is 0 Å². The third-order valence-corrected chi connectivity index (χ3v) is 2.59. The third kappa shape index (κ3) is 3.76. The lowest BCUT2D eigenvalue weighted by Gasteiger charge is -1.97. The molecule has 0 spiro atoms. The van der Waals surface area contributed by atoms with Crippen molar-refractivity contribution in [3.05, 3.63) is 0 Å². The van der Waals surface area contributed by atoms with Gasteiger partial charge in [0.25, 0.3) is 0 Å².